The molecule has 0 radical (unpaired) electrons. The Morgan fingerprint density at radius 2 is 1.89 bits per heavy atom. The standard InChI is InChI=1S/C14H17FO4/c1-4-18-13(16)10-6-5-7-11(15)12(10)14(17)19-8-9(2)3/h5-7,9H,4,8H2,1-3H3. The lowest BCUT2D eigenvalue weighted by Gasteiger charge is -2.11. The van der Waals surface area contributed by atoms with Crippen molar-refractivity contribution < 1.29 is 23.5 Å². The molecule has 1 aromatic rings. The molecule has 0 N–H and O–H groups in total. The third-order valence-electron chi connectivity index (χ3n) is 2.26. The van der Waals surface area contributed by atoms with E-state index in [2.05, 4.69) is 0 Å². The maximum Gasteiger partial charge on any atom is 0.342 e. The number of esters is 2. The molecule has 0 aliphatic rings. The van der Waals surface area contributed by atoms with E-state index in [1.54, 1.807) is 6.92 Å². The minimum Gasteiger partial charge on any atom is -0.462 e. The van der Waals surface area contributed by atoms with Crippen molar-refractivity contribution in [3.63, 3.8) is 0 Å². The molecule has 1 rings (SSSR count). The van der Waals surface area contributed by atoms with Crippen LogP contribution < -0.4 is 0 Å². The quantitative estimate of drug-likeness (QED) is 0.770. The molecule has 4 nitrogen and oxygen atoms in total. The molecule has 0 unspecified atom stereocenters. The van der Waals surface area contributed by atoms with E-state index in [4.69, 9.17) is 9.47 Å². The van der Waals surface area contributed by atoms with Crippen molar-refractivity contribution >= 4 is 11.9 Å². The minimum atomic E-state index is -0.852. The lowest BCUT2D eigenvalue weighted by Crippen LogP contribution is -2.17. The lowest BCUT2D eigenvalue weighted by atomic mass is 10.1. The van der Waals surface area contributed by atoms with Gasteiger partial charge in [0.25, 0.3) is 0 Å². The molecule has 0 amide bonds. The second-order valence-corrected chi connectivity index (χ2v) is 4.38. The predicted molar refractivity (Wildman–Crippen MR) is 67.5 cm³/mol. The summed E-state index contributed by atoms with van der Waals surface area (Å²) in [6, 6.07) is 3.79. The van der Waals surface area contributed by atoms with Crippen LogP contribution in [0.4, 0.5) is 4.39 Å². The van der Waals surface area contributed by atoms with Crippen LogP contribution in [-0.2, 0) is 9.47 Å². The van der Waals surface area contributed by atoms with Crippen LogP contribution in [0.25, 0.3) is 0 Å². The van der Waals surface area contributed by atoms with Gasteiger partial charge in [-0.2, -0.15) is 0 Å². The number of carbonyl (C=O) groups is 2. The number of hydrogen-bond donors (Lipinski definition) is 0. The molecule has 0 bridgehead atoms. The zero-order valence-corrected chi connectivity index (χ0v) is 11.2. The molecule has 0 atom stereocenters. The fraction of sp³-hybridized carbons (Fsp3) is 0.429. The Labute approximate surface area is 111 Å². The first-order valence-corrected chi connectivity index (χ1v) is 6.10. The second-order valence-electron chi connectivity index (χ2n) is 4.38. The van der Waals surface area contributed by atoms with Gasteiger partial charge in [-0.15, -0.1) is 0 Å². The van der Waals surface area contributed by atoms with E-state index < -0.39 is 17.8 Å². The maximum atomic E-state index is 13.7. The molecule has 0 saturated heterocycles. The van der Waals surface area contributed by atoms with Crippen LogP contribution in [-0.4, -0.2) is 25.2 Å². The Bertz CT molecular complexity index is 469. The Balaban J connectivity index is 3.04. The molecular formula is C14H17FO4. The topological polar surface area (TPSA) is 52.6 Å². The van der Waals surface area contributed by atoms with Crippen molar-refractivity contribution in [1.82, 2.24) is 0 Å². The van der Waals surface area contributed by atoms with E-state index in [9.17, 15) is 14.0 Å². The molecule has 0 aliphatic heterocycles. The molecule has 1 aromatic carbocycles. The average Bonchev–Trinajstić information content (AvgIpc) is 2.35. The number of benzene rings is 1. The van der Waals surface area contributed by atoms with Crippen molar-refractivity contribution in [3.8, 4) is 0 Å². The summed E-state index contributed by atoms with van der Waals surface area (Å²) >= 11 is 0. The zero-order valence-electron chi connectivity index (χ0n) is 11.2. The molecule has 0 spiro atoms. The summed E-state index contributed by atoms with van der Waals surface area (Å²) in [5.74, 6) is -2.26. The normalized spacial score (nSPS) is 10.4. The molecular weight excluding hydrogens is 251 g/mol. The van der Waals surface area contributed by atoms with Crippen molar-refractivity contribution in [1.29, 1.82) is 0 Å². The van der Waals surface area contributed by atoms with E-state index in [0.717, 1.165) is 6.07 Å². The number of rotatable bonds is 5. The molecule has 0 aromatic heterocycles. The van der Waals surface area contributed by atoms with Gasteiger partial charge in [0.15, 0.2) is 0 Å². The molecule has 0 fully saturated rings. The lowest BCUT2D eigenvalue weighted by molar-refractivity contribution is 0.0429. The first-order chi connectivity index (χ1) is 8.97. The van der Waals surface area contributed by atoms with E-state index in [1.807, 2.05) is 13.8 Å². The summed E-state index contributed by atoms with van der Waals surface area (Å²) in [7, 11) is 0. The summed E-state index contributed by atoms with van der Waals surface area (Å²) in [6.45, 7) is 5.67. The predicted octanol–water partition coefficient (Wildman–Crippen LogP) is 2.82. The van der Waals surface area contributed by atoms with Crippen LogP contribution >= 0.6 is 0 Å². The van der Waals surface area contributed by atoms with Crippen molar-refractivity contribution in [2.24, 2.45) is 5.92 Å². The van der Waals surface area contributed by atoms with E-state index in [-0.39, 0.29) is 30.3 Å². The van der Waals surface area contributed by atoms with Crippen LogP contribution in [0.1, 0.15) is 41.5 Å². The third kappa shape index (κ3) is 4.05. The van der Waals surface area contributed by atoms with Gasteiger partial charge in [-0.25, -0.2) is 14.0 Å². The summed E-state index contributed by atoms with van der Waals surface area (Å²) in [6.07, 6.45) is 0. The zero-order chi connectivity index (χ0) is 14.4. The molecule has 19 heavy (non-hydrogen) atoms. The number of carbonyl (C=O) groups excluding carboxylic acids is 2. The fourth-order valence-corrected chi connectivity index (χ4v) is 1.43. The van der Waals surface area contributed by atoms with Crippen molar-refractivity contribution in [2.45, 2.75) is 20.8 Å². The number of ether oxygens (including phenoxy) is 2. The molecule has 5 heteroatoms. The molecule has 0 aliphatic carbocycles. The third-order valence-corrected chi connectivity index (χ3v) is 2.26. The van der Waals surface area contributed by atoms with Crippen molar-refractivity contribution in [3.05, 3.63) is 35.1 Å². The Hall–Kier alpha value is -1.91. The summed E-state index contributed by atoms with van der Waals surface area (Å²) in [4.78, 5) is 23.5. The summed E-state index contributed by atoms with van der Waals surface area (Å²) in [5, 5.41) is 0. The van der Waals surface area contributed by atoms with Crippen LogP contribution in [0, 0.1) is 11.7 Å². The summed E-state index contributed by atoms with van der Waals surface area (Å²) in [5.41, 5.74) is -0.489. The van der Waals surface area contributed by atoms with Gasteiger partial charge < -0.3 is 9.47 Å². The van der Waals surface area contributed by atoms with Gasteiger partial charge in [0, 0.05) is 0 Å². The van der Waals surface area contributed by atoms with E-state index >= 15 is 0 Å². The average molecular weight is 268 g/mol. The van der Waals surface area contributed by atoms with E-state index in [0.29, 0.717) is 0 Å². The van der Waals surface area contributed by atoms with Crippen LogP contribution in [0.2, 0.25) is 0 Å². The van der Waals surface area contributed by atoms with Crippen LogP contribution in [0.15, 0.2) is 18.2 Å². The molecule has 0 heterocycles. The Morgan fingerprint density at radius 1 is 1.21 bits per heavy atom. The highest BCUT2D eigenvalue weighted by Gasteiger charge is 2.23. The summed E-state index contributed by atoms with van der Waals surface area (Å²) < 4.78 is 23.5. The first kappa shape index (κ1) is 15.1. The van der Waals surface area contributed by atoms with Crippen LogP contribution in [0.3, 0.4) is 0 Å². The van der Waals surface area contributed by atoms with Crippen LogP contribution in [0.5, 0.6) is 0 Å². The van der Waals surface area contributed by atoms with Gasteiger partial charge in [-0.05, 0) is 25.0 Å². The van der Waals surface area contributed by atoms with Crippen molar-refractivity contribution in [2.75, 3.05) is 13.2 Å². The van der Waals surface area contributed by atoms with Gasteiger partial charge >= 0.3 is 11.9 Å². The fourth-order valence-electron chi connectivity index (χ4n) is 1.43. The highest BCUT2D eigenvalue weighted by atomic mass is 19.1. The second kappa shape index (κ2) is 6.87. The van der Waals surface area contributed by atoms with Gasteiger partial charge in [-0.3, -0.25) is 0 Å². The smallest absolute Gasteiger partial charge is 0.342 e. The largest absolute Gasteiger partial charge is 0.462 e. The molecule has 104 valence electrons. The van der Waals surface area contributed by atoms with Gasteiger partial charge in [0.05, 0.1) is 18.8 Å². The highest BCUT2D eigenvalue weighted by molar-refractivity contribution is 6.03. The Kier molecular flexibility index (Phi) is 5.48. The van der Waals surface area contributed by atoms with Gasteiger partial charge in [0.1, 0.15) is 11.4 Å². The highest BCUT2D eigenvalue weighted by Crippen LogP contribution is 2.16. The number of halogens is 1. The van der Waals surface area contributed by atoms with E-state index in [1.165, 1.54) is 12.1 Å². The Morgan fingerprint density at radius 3 is 2.47 bits per heavy atom. The molecule has 0 saturated carbocycles. The first-order valence-electron chi connectivity index (χ1n) is 6.10. The monoisotopic (exact) mass is 268 g/mol. The number of hydrogen-bond acceptors (Lipinski definition) is 4. The van der Waals surface area contributed by atoms with Gasteiger partial charge in [0.2, 0.25) is 0 Å². The minimum absolute atomic E-state index is 0.115. The maximum absolute atomic E-state index is 13.7. The van der Waals surface area contributed by atoms with Gasteiger partial charge in [-0.1, -0.05) is 19.9 Å². The SMILES string of the molecule is CCOC(=O)c1cccc(F)c1C(=O)OCC(C)C.